The van der Waals surface area contributed by atoms with Crippen molar-refractivity contribution in [2.75, 3.05) is 13.1 Å². The van der Waals surface area contributed by atoms with E-state index in [4.69, 9.17) is 5.73 Å². The third-order valence-corrected chi connectivity index (χ3v) is 4.50. The lowest BCUT2D eigenvalue weighted by molar-refractivity contribution is -0.0321. The summed E-state index contributed by atoms with van der Waals surface area (Å²) < 4.78 is 0. The summed E-state index contributed by atoms with van der Waals surface area (Å²) in [6.07, 6.45) is 9.38. The molecule has 0 bridgehead atoms. The summed E-state index contributed by atoms with van der Waals surface area (Å²) in [5.74, 6) is 0.547. The molecule has 1 atom stereocenters. The first-order valence-corrected chi connectivity index (χ1v) is 6.91. The first-order chi connectivity index (χ1) is 7.72. The Hall–Kier alpha value is -0.120. The Morgan fingerprint density at radius 2 is 1.62 bits per heavy atom. The molecule has 1 aliphatic carbocycles. The van der Waals surface area contributed by atoms with Crippen molar-refractivity contribution in [3.05, 3.63) is 0 Å². The SMILES string of the molecule is NC(C1CCCCCC1)C1(O)CCNCC1. The van der Waals surface area contributed by atoms with E-state index in [1.165, 1.54) is 38.5 Å². The van der Waals surface area contributed by atoms with Crippen molar-refractivity contribution >= 4 is 0 Å². The Labute approximate surface area is 98.8 Å². The van der Waals surface area contributed by atoms with Gasteiger partial charge in [-0.1, -0.05) is 25.7 Å². The van der Waals surface area contributed by atoms with E-state index in [-0.39, 0.29) is 6.04 Å². The molecule has 3 nitrogen and oxygen atoms in total. The highest BCUT2D eigenvalue weighted by atomic mass is 16.3. The van der Waals surface area contributed by atoms with Crippen LogP contribution in [0.25, 0.3) is 0 Å². The third-order valence-electron chi connectivity index (χ3n) is 4.50. The van der Waals surface area contributed by atoms with Crippen LogP contribution < -0.4 is 11.1 Å². The molecule has 0 spiro atoms. The van der Waals surface area contributed by atoms with E-state index < -0.39 is 5.60 Å². The summed E-state index contributed by atoms with van der Waals surface area (Å²) in [5, 5.41) is 13.9. The monoisotopic (exact) mass is 226 g/mol. The fraction of sp³-hybridized carbons (Fsp3) is 1.00. The number of nitrogens with two attached hydrogens (primary N) is 1. The first-order valence-electron chi connectivity index (χ1n) is 6.91. The summed E-state index contributed by atoms with van der Waals surface area (Å²) in [6.45, 7) is 1.83. The van der Waals surface area contributed by atoms with Crippen LogP contribution in [0, 0.1) is 5.92 Å². The van der Waals surface area contributed by atoms with Crippen LogP contribution in [0.5, 0.6) is 0 Å². The smallest absolute Gasteiger partial charge is 0.0824 e. The van der Waals surface area contributed by atoms with Crippen molar-refractivity contribution in [1.29, 1.82) is 0 Å². The minimum atomic E-state index is -0.597. The van der Waals surface area contributed by atoms with E-state index >= 15 is 0 Å². The molecular formula is C13H26N2O. The minimum absolute atomic E-state index is 0.00676. The number of nitrogens with one attached hydrogen (secondary N) is 1. The van der Waals surface area contributed by atoms with E-state index in [1.807, 2.05) is 0 Å². The zero-order valence-electron chi connectivity index (χ0n) is 10.3. The maximum Gasteiger partial charge on any atom is 0.0824 e. The number of rotatable bonds is 2. The molecular weight excluding hydrogens is 200 g/mol. The van der Waals surface area contributed by atoms with Gasteiger partial charge in [0.15, 0.2) is 0 Å². The van der Waals surface area contributed by atoms with Gasteiger partial charge in [0.2, 0.25) is 0 Å². The maximum absolute atomic E-state index is 10.6. The van der Waals surface area contributed by atoms with Gasteiger partial charge in [0.05, 0.1) is 5.60 Å². The van der Waals surface area contributed by atoms with Crippen LogP contribution in [-0.2, 0) is 0 Å². The minimum Gasteiger partial charge on any atom is -0.388 e. The standard InChI is InChI=1S/C13H26N2O/c14-12(11-5-3-1-2-4-6-11)13(16)7-9-15-10-8-13/h11-12,15-16H,1-10,14H2. The third kappa shape index (κ3) is 2.76. The molecule has 0 aromatic rings. The molecule has 94 valence electrons. The quantitative estimate of drug-likeness (QED) is 0.624. The lowest BCUT2D eigenvalue weighted by Gasteiger charge is -2.41. The molecule has 1 saturated carbocycles. The second kappa shape index (κ2) is 5.48. The van der Waals surface area contributed by atoms with Crippen molar-refractivity contribution in [3.63, 3.8) is 0 Å². The molecule has 2 fully saturated rings. The lowest BCUT2D eigenvalue weighted by atomic mass is 9.76. The number of hydrogen-bond donors (Lipinski definition) is 3. The largest absolute Gasteiger partial charge is 0.388 e. The predicted octanol–water partition coefficient (Wildman–Crippen LogP) is 1.40. The molecule has 1 heterocycles. The summed E-state index contributed by atoms with van der Waals surface area (Å²) in [4.78, 5) is 0. The average Bonchev–Trinajstić information content (AvgIpc) is 2.57. The van der Waals surface area contributed by atoms with Crippen LogP contribution in [0.1, 0.15) is 51.4 Å². The van der Waals surface area contributed by atoms with Gasteiger partial charge in [-0.15, -0.1) is 0 Å². The van der Waals surface area contributed by atoms with E-state index in [2.05, 4.69) is 5.32 Å². The van der Waals surface area contributed by atoms with Crippen LogP contribution in [-0.4, -0.2) is 29.8 Å². The van der Waals surface area contributed by atoms with Gasteiger partial charge in [0.25, 0.3) is 0 Å². The molecule has 0 amide bonds. The molecule has 3 heteroatoms. The number of hydrogen-bond acceptors (Lipinski definition) is 3. The fourth-order valence-corrected chi connectivity index (χ4v) is 3.30. The van der Waals surface area contributed by atoms with E-state index in [1.54, 1.807) is 0 Å². The average molecular weight is 226 g/mol. The Morgan fingerprint density at radius 1 is 1.06 bits per heavy atom. The molecule has 2 aliphatic rings. The molecule has 16 heavy (non-hydrogen) atoms. The predicted molar refractivity (Wildman–Crippen MR) is 66.2 cm³/mol. The number of piperidine rings is 1. The second-order valence-electron chi connectivity index (χ2n) is 5.63. The van der Waals surface area contributed by atoms with Crippen LogP contribution in [0.4, 0.5) is 0 Å². The molecule has 0 aromatic heterocycles. The Morgan fingerprint density at radius 3 is 2.19 bits per heavy atom. The zero-order chi connectivity index (χ0) is 11.4. The summed E-state index contributed by atoms with van der Waals surface area (Å²) in [5.41, 5.74) is 5.75. The highest BCUT2D eigenvalue weighted by molar-refractivity contribution is 4.96. The van der Waals surface area contributed by atoms with Crippen LogP contribution >= 0.6 is 0 Å². The number of aliphatic hydroxyl groups is 1. The summed E-state index contributed by atoms with van der Waals surface area (Å²) in [7, 11) is 0. The normalized spacial score (nSPS) is 29.6. The molecule has 0 aromatic carbocycles. The Bertz CT molecular complexity index is 206. The molecule has 1 aliphatic heterocycles. The van der Waals surface area contributed by atoms with Crippen molar-refractivity contribution in [2.24, 2.45) is 11.7 Å². The van der Waals surface area contributed by atoms with Crippen LogP contribution in [0.2, 0.25) is 0 Å². The molecule has 0 radical (unpaired) electrons. The van der Waals surface area contributed by atoms with Crippen LogP contribution in [0.15, 0.2) is 0 Å². The fourth-order valence-electron chi connectivity index (χ4n) is 3.30. The van der Waals surface area contributed by atoms with Crippen molar-refractivity contribution in [1.82, 2.24) is 5.32 Å². The van der Waals surface area contributed by atoms with Gasteiger partial charge in [-0.2, -0.15) is 0 Å². The van der Waals surface area contributed by atoms with E-state index in [9.17, 15) is 5.11 Å². The summed E-state index contributed by atoms with van der Waals surface area (Å²) >= 11 is 0. The van der Waals surface area contributed by atoms with Gasteiger partial charge >= 0.3 is 0 Å². The first kappa shape index (κ1) is 12.3. The molecule has 2 rings (SSSR count). The highest BCUT2D eigenvalue weighted by Gasteiger charge is 2.39. The summed E-state index contributed by atoms with van der Waals surface area (Å²) in [6, 6.07) is -0.00676. The van der Waals surface area contributed by atoms with E-state index in [0.717, 1.165) is 25.9 Å². The van der Waals surface area contributed by atoms with Crippen molar-refractivity contribution in [3.8, 4) is 0 Å². The lowest BCUT2D eigenvalue weighted by Crippen LogP contribution is -2.57. The molecule has 1 saturated heterocycles. The second-order valence-corrected chi connectivity index (χ2v) is 5.63. The van der Waals surface area contributed by atoms with Crippen molar-refractivity contribution < 1.29 is 5.11 Å². The van der Waals surface area contributed by atoms with Gasteiger partial charge in [0.1, 0.15) is 0 Å². The highest BCUT2D eigenvalue weighted by Crippen LogP contribution is 2.32. The maximum atomic E-state index is 10.6. The zero-order valence-corrected chi connectivity index (χ0v) is 10.3. The van der Waals surface area contributed by atoms with Crippen LogP contribution in [0.3, 0.4) is 0 Å². The Balaban J connectivity index is 1.95. The van der Waals surface area contributed by atoms with E-state index in [0.29, 0.717) is 5.92 Å². The topological polar surface area (TPSA) is 58.3 Å². The van der Waals surface area contributed by atoms with Crippen molar-refractivity contribution in [2.45, 2.75) is 63.0 Å². The molecule has 1 unspecified atom stereocenters. The molecule has 4 N–H and O–H groups in total. The van der Waals surface area contributed by atoms with Gasteiger partial charge in [0, 0.05) is 6.04 Å². The van der Waals surface area contributed by atoms with Gasteiger partial charge in [-0.25, -0.2) is 0 Å². The van der Waals surface area contributed by atoms with Gasteiger partial charge in [-0.05, 0) is 44.7 Å². The van der Waals surface area contributed by atoms with Gasteiger partial charge in [-0.3, -0.25) is 0 Å². The Kier molecular flexibility index (Phi) is 4.22. The van der Waals surface area contributed by atoms with Gasteiger partial charge < -0.3 is 16.2 Å².